The highest BCUT2D eigenvalue weighted by atomic mass is 35.5. The van der Waals surface area contributed by atoms with Crippen LogP contribution in [-0.4, -0.2) is 29.4 Å². The van der Waals surface area contributed by atoms with Crippen molar-refractivity contribution in [1.82, 2.24) is 4.90 Å². The first-order valence-electron chi connectivity index (χ1n) is 8.24. The summed E-state index contributed by atoms with van der Waals surface area (Å²) in [6.45, 7) is 2.94. The van der Waals surface area contributed by atoms with E-state index in [1.807, 2.05) is 0 Å². The van der Waals surface area contributed by atoms with Crippen molar-refractivity contribution in [2.45, 2.75) is 26.6 Å². The van der Waals surface area contributed by atoms with Crippen LogP contribution in [0, 0.1) is 6.92 Å². The summed E-state index contributed by atoms with van der Waals surface area (Å²) in [5, 5.41) is 2.70. The molecule has 9 heteroatoms. The summed E-state index contributed by atoms with van der Waals surface area (Å²) in [4.78, 5) is 24.6. The maximum Gasteiger partial charge on any atom is 0.471 e. The minimum atomic E-state index is -4.92. The number of nitrogen functional groups attached to an aromatic ring is 1. The van der Waals surface area contributed by atoms with Crippen LogP contribution in [0.2, 0.25) is 0 Å². The molecule has 2 aromatic rings. The number of alkyl halides is 3. The SMILES string of the molecule is CCN(Cc1cccc(NC(=O)c2cc(N)ccc2C)c1)C(=O)C(F)(F)F.Cl. The number of benzene rings is 2. The lowest BCUT2D eigenvalue weighted by atomic mass is 10.1. The van der Waals surface area contributed by atoms with E-state index in [0.29, 0.717) is 27.4 Å². The zero-order valence-corrected chi connectivity index (χ0v) is 16.2. The number of nitrogens with one attached hydrogen (secondary N) is 1. The molecule has 0 fully saturated rings. The molecule has 0 spiro atoms. The summed E-state index contributed by atoms with van der Waals surface area (Å²) in [5.41, 5.74) is 8.18. The van der Waals surface area contributed by atoms with E-state index in [2.05, 4.69) is 5.32 Å². The summed E-state index contributed by atoms with van der Waals surface area (Å²) in [7, 11) is 0. The number of amides is 2. The van der Waals surface area contributed by atoms with Gasteiger partial charge in [0.15, 0.2) is 0 Å². The number of carbonyl (C=O) groups is 2. The van der Waals surface area contributed by atoms with E-state index in [1.54, 1.807) is 43.3 Å². The zero-order valence-electron chi connectivity index (χ0n) is 15.3. The molecular formula is C19H21ClF3N3O2. The van der Waals surface area contributed by atoms with Gasteiger partial charge in [0.2, 0.25) is 0 Å². The lowest BCUT2D eigenvalue weighted by Gasteiger charge is -2.22. The van der Waals surface area contributed by atoms with E-state index >= 15 is 0 Å². The van der Waals surface area contributed by atoms with Gasteiger partial charge >= 0.3 is 12.1 Å². The summed E-state index contributed by atoms with van der Waals surface area (Å²) in [6, 6.07) is 11.3. The Morgan fingerprint density at radius 1 is 1.14 bits per heavy atom. The molecule has 0 aliphatic carbocycles. The average Bonchev–Trinajstić information content (AvgIpc) is 2.60. The first kappa shape index (κ1) is 23.3. The second-order valence-corrected chi connectivity index (χ2v) is 6.05. The molecular weight excluding hydrogens is 395 g/mol. The summed E-state index contributed by atoms with van der Waals surface area (Å²) < 4.78 is 37.9. The van der Waals surface area contributed by atoms with Gasteiger partial charge in [-0.25, -0.2) is 0 Å². The molecule has 152 valence electrons. The Balaban J connectivity index is 0.00000392. The zero-order chi connectivity index (χ0) is 20.2. The van der Waals surface area contributed by atoms with Crippen LogP contribution in [0.5, 0.6) is 0 Å². The molecule has 0 saturated heterocycles. The van der Waals surface area contributed by atoms with Crippen molar-refractivity contribution in [3.63, 3.8) is 0 Å². The normalized spacial score (nSPS) is 10.8. The molecule has 0 aliphatic rings. The second-order valence-electron chi connectivity index (χ2n) is 6.05. The number of hydrogen-bond acceptors (Lipinski definition) is 3. The molecule has 2 rings (SSSR count). The number of nitrogens with two attached hydrogens (primary N) is 1. The van der Waals surface area contributed by atoms with Crippen molar-refractivity contribution in [2.75, 3.05) is 17.6 Å². The highest BCUT2D eigenvalue weighted by molar-refractivity contribution is 6.05. The quantitative estimate of drug-likeness (QED) is 0.720. The Morgan fingerprint density at radius 2 is 1.82 bits per heavy atom. The largest absolute Gasteiger partial charge is 0.471 e. The third-order valence-corrected chi connectivity index (χ3v) is 3.98. The third kappa shape index (κ3) is 5.88. The van der Waals surface area contributed by atoms with Crippen LogP contribution in [-0.2, 0) is 11.3 Å². The van der Waals surface area contributed by atoms with E-state index in [4.69, 9.17) is 5.73 Å². The van der Waals surface area contributed by atoms with Crippen molar-refractivity contribution in [1.29, 1.82) is 0 Å². The molecule has 0 atom stereocenters. The van der Waals surface area contributed by atoms with Crippen LogP contribution < -0.4 is 11.1 Å². The molecule has 0 aromatic heterocycles. The molecule has 0 saturated carbocycles. The first-order chi connectivity index (χ1) is 12.6. The summed E-state index contributed by atoms with van der Waals surface area (Å²) in [6.07, 6.45) is -4.92. The Morgan fingerprint density at radius 3 is 2.43 bits per heavy atom. The number of halogens is 4. The molecule has 5 nitrogen and oxygen atoms in total. The van der Waals surface area contributed by atoms with Gasteiger partial charge in [-0.3, -0.25) is 9.59 Å². The van der Waals surface area contributed by atoms with Crippen molar-refractivity contribution < 1.29 is 22.8 Å². The minimum Gasteiger partial charge on any atom is -0.399 e. The highest BCUT2D eigenvalue weighted by Crippen LogP contribution is 2.21. The number of carbonyl (C=O) groups excluding carboxylic acids is 2. The lowest BCUT2D eigenvalue weighted by Crippen LogP contribution is -2.40. The van der Waals surface area contributed by atoms with E-state index in [0.717, 1.165) is 5.56 Å². The Kier molecular flexibility index (Phi) is 7.87. The van der Waals surface area contributed by atoms with Gasteiger partial charge in [0.05, 0.1) is 0 Å². The van der Waals surface area contributed by atoms with Gasteiger partial charge in [-0.2, -0.15) is 13.2 Å². The van der Waals surface area contributed by atoms with Crippen LogP contribution in [0.1, 0.15) is 28.4 Å². The molecule has 0 radical (unpaired) electrons. The lowest BCUT2D eigenvalue weighted by molar-refractivity contribution is -0.185. The van der Waals surface area contributed by atoms with Gasteiger partial charge in [0.1, 0.15) is 0 Å². The van der Waals surface area contributed by atoms with Crippen molar-refractivity contribution in [3.8, 4) is 0 Å². The number of anilines is 2. The molecule has 28 heavy (non-hydrogen) atoms. The predicted octanol–water partition coefficient (Wildman–Crippen LogP) is 4.16. The monoisotopic (exact) mass is 415 g/mol. The van der Waals surface area contributed by atoms with Crippen LogP contribution in [0.4, 0.5) is 24.5 Å². The Hall–Kier alpha value is -2.74. The van der Waals surface area contributed by atoms with Crippen LogP contribution in [0.15, 0.2) is 42.5 Å². The standard InChI is InChI=1S/C19H20F3N3O2.ClH/c1-3-25(18(27)19(20,21)22)11-13-5-4-6-15(9-13)24-17(26)16-10-14(23)8-7-12(16)2;/h4-10H,3,11,23H2,1-2H3,(H,24,26);1H. The Bertz CT molecular complexity index is 857. The van der Waals surface area contributed by atoms with Gasteiger partial charge < -0.3 is 16.0 Å². The fraction of sp³-hybridized carbons (Fsp3) is 0.263. The summed E-state index contributed by atoms with van der Waals surface area (Å²) >= 11 is 0. The fourth-order valence-corrected chi connectivity index (χ4v) is 2.56. The van der Waals surface area contributed by atoms with Crippen LogP contribution in [0.25, 0.3) is 0 Å². The van der Waals surface area contributed by atoms with Crippen molar-refractivity contribution in [3.05, 3.63) is 59.2 Å². The predicted molar refractivity (Wildman–Crippen MR) is 104 cm³/mol. The van der Waals surface area contributed by atoms with Gasteiger partial charge in [-0.05, 0) is 49.2 Å². The molecule has 3 N–H and O–H groups in total. The van der Waals surface area contributed by atoms with Gasteiger partial charge in [0.25, 0.3) is 5.91 Å². The van der Waals surface area contributed by atoms with E-state index in [9.17, 15) is 22.8 Å². The fourth-order valence-electron chi connectivity index (χ4n) is 2.56. The number of aryl methyl sites for hydroxylation is 1. The minimum absolute atomic E-state index is 0. The van der Waals surface area contributed by atoms with E-state index in [1.165, 1.54) is 13.0 Å². The van der Waals surface area contributed by atoms with Gasteiger partial charge in [-0.15, -0.1) is 12.4 Å². The van der Waals surface area contributed by atoms with Gasteiger partial charge in [0, 0.05) is 30.0 Å². The Labute approximate surface area is 167 Å². The summed E-state index contributed by atoms with van der Waals surface area (Å²) in [5.74, 6) is -2.27. The van der Waals surface area contributed by atoms with Crippen molar-refractivity contribution in [2.24, 2.45) is 0 Å². The average molecular weight is 416 g/mol. The molecule has 0 unspecified atom stereocenters. The molecule has 0 heterocycles. The van der Waals surface area contributed by atoms with Crippen LogP contribution >= 0.6 is 12.4 Å². The van der Waals surface area contributed by atoms with E-state index in [-0.39, 0.29) is 31.4 Å². The second kappa shape index (κ2) is 9.45. The third-order valence-electron chi connectivity index (χ3n) is 3.98. The van der Waals surface area contributed by atoms with Crippen molar-refractivity contribution >= 4 is 35.6 Å². The molecule has 0 bridgehead atoms. The smallest absolute Gasteiger partial charge is 0.399 e. The number of nitrogens with zero attached hydrogens (tertiary/aromatic N) is 1. The number of rotatable bonds is 5. The topological polar surface area (TPSA) is 75.4 Å². The maximum absolute atomic E-state index is 12.6. The first-order valence-corrected chi connectivity index (χ1v) is 8.24. The molecule has 2 aromatic carbocycles. The maximum atomic E-state index is 12.6. The highest BCUT2D eigenvalue weighted by Gasteiger charge is 2.41. The van der Waals surface area contributed by atoms with Crippen LogP contribution in [0.3, 0.4) is 0 Å². The van der Waals surface area contributed by atoms with E-state index < -0.39 is 12.1 Å². The molecule has 0 aliphatic heterocycles. The van der Waals surface area contributed by atoms with Gasteiger partial charge in [-0.1, -0.05) is 18.2 Å². The molecule has 2 amide bonds. The number of hydrogen-bond donors (Lipinski definition) is 2.